The first kappa shape index (κ1) is 16.8. The van der Waals surface area contributed by atoms with Crippen LogP contribution in [0.4, 0.5) is 0 Å². The summed E-state index contributed by atoms with van der Waals surface area (Å²) in [5, 5.41) is 0.670. The van der Waals surface area contributed by atoms with Gasteiger partial charge in [-0.05, 0) is 50.2 Å². The Morgan fingerprint density at radius 2 is 1.79 bits per heavy atom. The van der Waals surface area contributed by atoms with Gasteiger partial charge in [0.15, 0.2) is 5.78 Å². The smallest absolute Gasteiger partial charge is 0.166 e. The Bertz CT molecular complexity index is 400. The zero-order valence-electron chi connectivity index (χ0n) is 10.6. The molecule has 0 bridgehead atoms. The van der Waals surface area contributed by atoms with E-state index in [2.05, 4.69) is 4.90 Å². The lowest BCUT2D eigenvalue weighted by Crippen LogP contribution is -2.37. The summed E-state index contributed by atoms with van der Waals surface area (Å²) in [5.74, 6) is 1.06. The van der Waals surface area contributed by atoms with E-state index in [9.17, 15) is 4.79 Å². The number of carbonyl (C=O) groups is 1. The third-order valence-electron chi connectivity index (χ3n) is 3.49. The number of ketones is 1. The number of halogens is 3. The van der Waals surface area contributed by atoms with Gasteiger partial charge in [0.2, 0.25) is 0 Å². The molecule has 1 aromatic carbocycles. The topological polar surface area (TPSA) is 20.3 Å². The lowest BCUT2D eigenvalue weighted by atomic mass is 9.89. The van der Waals surface area contributed by atoms with Gasteiger partial charge in [-0.25, -0.2) is 0 Å². The Hall–Kier alpha value is -0.280. The van der Waals surface area contributed by atoms with Crippen molar-refractivity contribution in [2.24, 2.45) is 5.92 Å². The monoisotopic (exact) mass is 321 g/mol. The Morgan fingerprint density at radius 1 is 1.21 bits per heavy atom. The first-order valence-electron chi connectivity index (χ1n) is 6.29. The number of carbonyl (C=O) groups excluding carboxylic acids is 1. The van der Waals surface area contributed by atoms with Crippen molar-refractivity contribution in [1.82, 2.24) is 4.90 Å². The first-order valence-corrected chi connectivity index (χ1v) is 7.20. The van der Waals surface area contributed by atoms with Gasteiger partial charge in [0.25, 0.3) is 0 Å². The molecule has 0 atom stereocenters. The van der Waals surface area contributed by atoms with Crippen molar-refractivity contribution in [1.29, 1.82) is 0 Å². The highest BCUT2D eigenvalue weighted by molar-refractivity contribution is 6.30. The van der Waals surface area contributed by atoms with E-state index < -0.39 is 0 Å². The quantitative estimate of drug-likeness (QED) is 0.619. The molecule has 0 amide bonds. The summed E-state index contributed by atoms with van der Waals surface area (Å²) >= 11 is 11.5. The first-order chi connectivity index (χ1) is 8.70. The normalized spacial score (nSPS) is 16.9. The molecule has 0 unspecified atom stereocenters. The number of benzene rings is 1. The second-order valence-electron chi connectivity index (χ2n) is 4.68. The molecule has 0 aliphatic carbocycles. The number of hydrogen-bond acceptors (Lipinski definition) is 2. The Balaban J connectivity index is 0.00000180. The fourth-order valence-corrected chi connectivity index (χ4v) is 2.75. The molecule has 0 aromatic heterocycles. The number of alkyl halides is 1. The second-order valence-corrected chi connectivity index (χ2v) is 5.49. The van der Waals surface area contributed by atoms with Crippen LogP contribution in [0.3, 0.4) is 0 Å². The van der Waals surface area contributed by atoms with E-state index in [1.165, 1.54) is 0 Å². The largest absolute Gasteiger partial charge is 0.302 e. The molecule has 1 saturated heterocycles. The van der Waals surface area contributed by atoms with Crippen molar-refractivity contribution < 1.29 is 4.79 Å². The average molecular weight is 323 g/mol. The van der Waals surface area contributed by atoms with Crippen LogP contribution in [0.5, 0.6) is 0 Å². The van der Waals surface area contributed by atoms with Crippen LogP contribution in [0.15, 0.2) is 24.3 Å². The lowest BCUT2D eigenvalue weighted by Gasteiger charge is -2.30. The summed E-state index contributed by atoms with van der Waals surface area (Å²) in [6, 6.07) is 7.18. The van der Waals surface area contributed by atoms with Crippen LogP contribution >= 0.6 is 35.6 Å². The highest BCUT2D eigenvalue weighted by atomic mass is 35.5. The molecule has 1 aliphatic rings. The number of nitrogens with zero attached hydrogens (tertiary/aromatic N) is 1. The number of Topliss-reactive ketones (excluding diaryl/α,β-unsaturated/α-hetero) is 1. The van der Waals surface area contributed by atoms with E-state index in [0.717, 1.165) is 38.0 Å². The highest BCUT2D eigenvalue weighted by Gasteiger charge is 2.25. The molecule has 0 spiro atoms. The third kappa shape index (κ3) is 4.64. The van der Waals surface area contributed by atoms with E-state index in [0.29, 0.717) is 10.9 Å². The van der Waals surface area contributed by atoms with Crippen molar-refractivity contribution in [2.45, 2.75) is 12.8 Å². The zero-order chi connectivity index (χ0) is 13.0. The second kappa shape index (κ2) is 8.11. The van der Waals surface area contributed by atoms with Gasteiger partial charge in [-0.15, -0.1) is 24.0 Å². The molecule has 106 valence electrons. The van der Waals surface area contributed by atoms with Gasteiger partial charge >= 0.3 is 0 Å². The summed E-state index contributed by atoms with van der Waals surface area (Å²) in [6.45, 7) is 2.86. The Morgan fingerprint density at radius 3 is 2.32 bits per heavy atom. The molecular formula is C14H18Cl3NO. The van der Waals surface area contributed by atoms with Crippen LogP contribution in [0.1, 0.15) is 23.2 Å². The van der Waals surface area contributed by atoms with Crippen molar-refractivity contribution in [3.05, 3.63) is 34.9 Å². The maximum Gasteiger partial charge on any atom is 0.166 e. The molecule has 2 rings (SSSR count). The van der Waals surface area contributed by atoms with Gasteiger partial charge < -0.3 is 4.90 Å². The van der Waals surface area contributed by atoms with E-state index >= 15 is 0 Å². The van der Waals surface area contributed by atoms with Gasteiger partial charge in [0, 0.05) is 28.9 Å². The highest BCUT2D eigenvalue weighted by Crippen LogP contribution is 2.22. The van der Waals surface area contributed by atoms with Crippen LogP contribution in [0.2, 0.25) is 5.02 Å². The standard InChI is InChI=1S/C14H17Cl2NO.ClH/c15-7-10-17-8-5-12(6-9-17)14(18)11-1-3-13(16)4-2-11;/h1-4,12H,5-10H2;1H. The third-order valence-corrected chi connectivity index (χ3v) is 3.91. The maximum atomic E-state index is 12.3. The van der Waals surface area contributed by atoms with Gasteiger partial charge in [-0.3, -0.25) is 4.79 Å². The molecule has 2 nitrogen and oxygen atoms in total. The number of likely N-dealkylation sites (tertiary alicyclic amines) is 1. The van der Waals surface area contributed by atoms with Crippen molar-refractivity contribution in [3.63, 3.8) is 0 Å². The minimum absolute atomic E-state index is 0. The molecular weight excluding hydrogens is 305 g/mol. The minimum Gasteiger partial charge on any atom is -0.302 e. The summed E-state index contributed by atoms with van der Waals surface area (Å²) in [7, 11) is 0. The fraction of sp³-hybridized carbons (Fsp3) is 0.500. The number of hydrogen-bond donors (Lipinski definition) is 0. The van der Waals surface area contributed by atoms with Crippen LogP contribution in [0.25, 0.3) is 0 Å². The SMILES string of the molecule is Cl.O=C(c1ccc(Cl)cc1)C1CCN(CCCl)CC1. The predicted octanol–water partition coefficient (Wildman–Crippen LogP) is 3.90. The summed E-state index contributed by atoms with van der Waals surface area (Å²) in [4.78, 5) is 14.6. The van der Waals surface area contributed by atoms with Gasteiger partial charge in [0.1, 0.15) is 0 Å². The van der Waals surface area contributed by atoms with Crippen LogP contribution in [-0.2, 0) is 0 Å². The molecule has 19 heavy (non-hydrogen) atoms. The molecule has 0 N–H and O–H groups in total. The molecule has 0 radical (unpaired) electrons. The Kier molecular flexibility index (Phi) is 7.16. The van der Waals surface area contributed by atoms with Gasteiger partial charge in [0.05, 0.1) is 0 Å². The lowest BCUT2D eigenvalue weighted by molar-refractivity contribution is 0.0845. The van der Waals surface area contributed by atoms with Crippen LogP contribution in [-0.4, -0.2) is 36.2 Å². The van der Waals surface area contributed by atoms with Crippen LogP contribution < -0.4 is 0 Å². The van der Waals surface area contributed by atoms with Crippen LogP contribution in [0, 0.1) is 5.92 Å². The summed E-state index contributed by atoms with van der Waals surface area (Å²) < 4.78 is 0. The van der Waals surface area contributed by atoms with Crippen molar-refractivity contribution in [2.75, 3.05) is 25.5 Å². The molecule has 1 fully saturated rings. The van der Waals surface area contributed by atoms with E-state index in [1.54, 1.807) is 12.1 Å². The maximum absolute atomic E-state index is 12.3. The fourth-order valence-electron chi connectivity index (χ4n) is 2.39. The van der Waals surface area contributed by atoms with Gasteiger partial charge in [-0.1, -0.05) is 11.6 Å². The summed E-state index contributed by atoms with van der Waals surface area (Å²) in [6.07, 6.45) is 1.86. The molecule has 1 aromatic rings. The van der Waals surface area contributed by atoms with Crippen molar-refractivity contribution >= 4 is 41.4 Å². The van der Waals surface area contributed by atoms with E-state index in [4.69, 9.17) is 23.2 Å². The molecule has 1 heterocycles. The summed E-state index contributed by atoms with van der Waals surface area (Å²) in [5.41, 5.74) is 0.773. The number of piperidine rings is 1. The van der Waals surface area contributed by atoms with Crippen molar-refractivity contribution in [3.8, 4) is 0 Å². The molecule has 0 saturated carbocycles. The molecule has 5 heteroatoms. The minimum atomic E-state index is 0. The van der Waals surface area contributed by atoms with E-state index in [-0.39, 0.29) is 24.1 Å². The zero-order valence-corrected chi connectivity index (χ0v) is 13.0. The average Bonchev–Trinajstić information content (AvgIpc) is 2.40. The van der Waals surface area contributed by atoms with E-state index in [1.807, 2.05) is 12.1 Å². The number of rotatable bonds is 4. The predicted molar refractivity (Wildman–Crippen MR) is 82.9 cm³/mol. The van der Waals surface area contributed by atoms with Gasteiger partial charge in [-0.2, -0.15) is 0 Å². The Labute approximate surface area is 130 Å². The molecule has 1 aliphatic heterocycles.